The van der Waals surface area contributed by atoms with E-state index in [1.54, 1.807) is 26.0 Å². The van der Waals surface area contributed by atoms with E-state index in [0.717, 1.165) is 49.5 Å². The minimum atomic E-state index is -4.05. The molecular weight excluding hydrogens is 521 g/mol. The molecular formula is C25H42F2O2SSn. The monoisotopic (exact) mass is 564 g/mol. The van der Waals surface area contributed by atoms with Crippen LogP contribution in [-0.2, 0) is 9.84 Å². The van der Waals surface area contributed by atoms with Crippen molar-refractivity contribution in [1.82, 2.24) is 0 Å². The molecule has 0 heterocycles. The van der Waals surface area contributed by atoms with Gasteiger partial charge in [-0.2, -0.15) is 0 Å². The summed E-state index contributed by atoms with van der Waals surface area (Å²) in [5, 5.41) is 0.928. The Labute approximate surface area is 193 Å². The summed E-state index contributed by atoms with van der Waals surface area (Å²) in [6, 6.07) is 6.44. The number of halogens is 2. The molecule has 0 saturated heterocycles. The Bertz CT molecular complexity index is 778. The summed E-state index contributed by atoms with van der Waals surface area (Å²) in [7, 11) is -3.93. The molecule has 6 heteroatoms. The van der Waals surface area contributed by atoms with Crippen molar-refractivity contribution in [3.8, 4) is 0 Å². The number of hydrogen-bond acceptors (Lipinski definition) is 2. The van der Waals surface area contributed by atoms with Crippen LogP contribution >= 0.6 is 0 Å². The standard InChI is InChI=1S/C13H15F2O2S.3C4H9.Sn/c1-9(2)12(13(14)15)8-18(16,17)11-6-4-10(3)5-7-11;3*1-3-4-2;/h4-9H,1-3H3;3*1,3-4H2,2H3;/b12-8+;;;;. The second-order valence-electron chi connectivity index (χ2n) is 9.25. The molecule has 0 spiro atoms. The quantitative estimate of drug-likeness (QED) is 0.213. The van der Waals surface area contributed by atoms with Gasteiger partial charge in [0.05, 0.1) is 0 Å². The van der Waals surface area contributed by atoms with Gasteiger partial charge in [0, 0.05) is 0 Å². The van der Waals surface area contributed by atoms with Crippen LogP contribution in [0.2, 0.25) is 13.3 Å². The molecule has 1 rings (SSSR count). The third-order valence-electron chi connectivity index (χ3n) is 6.31. The van der Waals surface area contributed by atoms with E-state index < -0.39 is 38.1 Å². The van der Waals surface area contributed by atoms with Gasteiger partial charge in [-0.15, -0.1) is 0 Å². The predicted octanol–water partition coefficient (Wildman–Crippen LogP) is 8.33. The predicted molar refractivity (Wildman–Crippen MR) is 131 cm³/mol. The van der Waals surface area contributed by atoms with Gasteiger partial charge in [-0.1, -0.05) is 0 Å². The van der Waals surface area contributed by atoms with Crippen LogP contribution in [0.4, 0.5) is 8.78 Å². The van der Waals surface area contributed by atoms with Gasteiger partial charge in [-0.25, -0.2) is 0 Å². The zero-order chi connectivity index (χ0) is 23.7. The molecule has 0 N–H and O–H groups in total. The molecule has 0 aliphatic heterocycles. The van der Waals surface area contributed by atoms with Crippen LogP contribution in [0, 0.1) is 12.8 Å². The molecule has 0 saturated carbocycles. The van der Waals surface area contributed by atoms with Crippen molar-refractivity contribution in [1.29, 1.82) is 0 Å². The van der Waals surface area contributed by atoms with Crippen LogP contribution in [0.3, 0.4) is 0 Å². The van der Waals surface area contributed by atoms with Gasteiger partial charge in [0.25, 0.3) is 0 Å². The number of unbranched alkanes of at least 4 members (excludes halogenated alkanes) is 3. The summed E-state index contributed by atoms with van der Waals surface area (Å²) >= 11 is -4.05. The molecule has 1 aromatic rings. The Kier molecular flexibility index (Phi) is 11.7. The number of sulfone groups is 1. The van der Waals surface area contributed by atoms with Crippen molar-refractivity contribution in [2.45, 2.75) is 102 Å². The SMILES string of the molecule is CCC[CH2][Sn]([CH2]CCC)([CH2]CCC)[C](F)(F)/C(=C/S(=O)(=O)c1ccc(C)cc1)C(C)C. The number of hydrogen-bond donors (Lipinski definition) is 0. The molecule has 2 nitrogen and oxygen atoms in total. The van der Waals surface area contributed by atoms with E-state index in [-0.39, 0.29) is 10.5 Å². The van der Waals surface area contributed by atoms with Crippen LogP contribution in [0.25, 0.3) is 0 Å². The second kappa shape index (κ2) is 12.7. The van der Waals surface area contributed by atoms with Gasteiger partial charge >= 0.3 is 194 Å². The van der Waals surface area contributed by atoms with E-state index in [1.807, 2.05) is 6.92 Å². The first-order valence-electron chi connectivity index (χ1n) is 11.9. The molecule has 0 bridgehead atoms. The summed E-state index contributed by atoms with van der Waals surface area (Å²) in [6.07, 6.45) is 5.14. The number of rotatable bonds is 14. The van der Waals surface area contributed by atoms with Crippen LogP contribution in [0.5, 0.6) is 0 Å². The van der Waals surface area contributed by atoms with Crippen molar-refractivity contribution < 1.29 is 17.2 Å². The Balaban J connectivity index is 3.60. The third-order valence-corrected chi connectivity index (χ3v) is 23.7. The van der Waals surface area contributed by atoms with Crippen molar-refractivity contribution in [2.24, 2.45) is 5.92 Å². The normalized spacial score (nSPS) is 13.8. The van der Waals surface area contributed by atoms with Gasteiger partial charge in [0.2, 0.25) is 0 Å². The minimum absolute atomic E-state index is 0.0866. The first-order valence-corrected chi connectivity index (χ1v) is 20.9. The summed E-state index contributed by atoms with van der Waals surface area (Å²) in [4.78, 5) is 0.0866. The summed E-state index contributed by atoms with van der Waals surface area (Å²) in [5.41, 5.74) is 0.776. The Morgan fingerprint density at radius 1 is 0.935 bits per heavy atom. The number of benzene rings is 1. The molecule has 0 fully saturated rings. The molecule has 1 aromatic carbocycles. The van der Waals surface area contributed by atoms with Gasteiger partial charge in [0.15, 0.2) is 0 Å². The molecule has 31 heavy (non-hydrogen) atoms. The zero-order valence-electron chi connectivity index (χ0n) is 20.3. The van der Waals surface area contributed by atoms with E-state index in [4.69, 9.17) is 0 Å². The van der Waals surface area contributed by atoms with Crippen molar-refractivity contribution >= 4 is 28.2 Å². The topological polar surface area (TPSA) is 34.1 Å². The Morgan fingerprint density at radius 3 is 1.71 bits per heavy atom. The Hall–Kier alpha value is -0.431. The van der Waals surface area contributed by atoms with E-state index in [1.165, 1.54) is 12.1 Å². The van der Waals surface area contributed by atoms with Gasteiger partial charge < -0.3 is 0 Å². The van der Waals surface area contributed by atoms with Crippen LogP contribution in [0.1, 0.15) is 78.7 Å². The van der Waals surface area contributed by atoms with Crippen LogP contribution in [-0.4, -0.2) is 30.7 Å². The van der Waals surface area contributed by atoms with Crippen molar-refractivity contribution in [3.05, 3.63) is 40.8 Å². The summed E-state index contributed by atoms with van der Waals surface area (Å²) in [6.45, 7) is 11.4. The van der Waals surface area contributed by atoms with Crippen molar-refractivity contribution in [3.63, 3.8) is 0 Å². The van der Waals surface area contributed by atoms with Gasteiger partial charge in [0.1, 0.15) is 0 Å². The van der Waals surface area contributed by atoms with Crippen LogP contribution in [0.15, 0.2) is 40.1 Å². The van der Waals surface area contributed by atoms with E-state index in [0.29, 0.717) is 13.3 Å². The first-order chi connectivity index (χ1) is 14.5. The molecule has 0 amide bonds. The number of aryl methyl sites for hydroxylation is 1. The zero-order valence-corrected chi connectivity index (χ0v) is 24.0. The average molecular weight is 563 g/mol. The first kappa shape index (κ1) is 28.6. The fraction of sp³-hybridized carbons (Fsp3) is 0.680. The number of allylic oxidation sites excluding steroid dienone is 1. The van der Waals surface area contributed by atoms with Gasteiger partial charge in [-0.05, 0) is 0 Å². The van der Waals surface area contributed by atoms with Crippen LogP contribution < -0.4 is 0 Å². The fourth-order valence-electron chi connectivity index (χ4n) is 4.23. The van der Waals surface area contributed by atoms with Gasteiger partial charge in [-0.3, -0.25) is 0 Å². The molecule has 178 valence electrons. The number of alkyl halides is 2. The molecule has 0 aliphatic rings. The molecule has 0 unspecified atom stereocenters. The van der Waals surface area contributed by atoms with E-state index >= 15 is 8.78 Å². The van der Waals surface area contributed by atoms with Crippen molar-refractivity contribution in [2.75, 3.05) is 0 Å². The fourth-order valence-corrected chi connectivity index (χ4v) is 22.4. The van der Waals surface area contributed by atoms with E-state index in [9.17, 15) is 8.42 Å². The summed E-state index contributed by atoms with van der Waals surface area (Å²) in [5.74, 6) is -0.517. The maximum absolute atomic E-state index is 16.5. The molecule has 0 aromatic heterocycles. The molecule has 0 aliphatic carbocycles. The molecule has 0 atom stereocenters. The molecule has 0 radical (unpaired) electrons. The Morgan fingerprint density at radius 2 is 1.35 bits per heavy atom. The average Bonchev–Trinajstić information content (AvgIpc) is 2.71. The summed E-state index contributed by atoms with van der Waals surface area (Å²) < 4.78 is 58.1. The van der Waals surface area contributed by atoms with E-state index in [2.05, 4.69) is 20.8 Å². The second-order valence-corrected chi connectivity index (χ2v) is 24.4. The maximum atomic E-state index is 16.5. The third kappa shape index (κ3) is 7.55.